The highest BCUT2D eigenvalue weighted by Crippen LogP contribution is 2.25. The molecule has 1 heterocycles. The van der Waals surface area contributed by atoms with E-state index in [0.29, 0.717) is 6.54 Å². The maximum Gasteiger partial charge on any atom is 0.175 e. The predicted molar refractivity (Wildman–Crippen MR) is 80.2 cm³/mol. The van der Waals surface area contributed by atoms with Crippen LogP contribution in [0.4, 0.5) is 5.69 Å². The van der Waals surface area contributed by atoms with Gasteiger partial charge in [-0.1, -0.05) is 25.5 Å². The highest BCUT2D eigenvalue weighted by Gasteiger charge is 2.29. The lowest BCUT2D eigenvalue weighted by atomic mass is 10.3. The number of ether oxygens (including phenoxy) is 3. The van der Waals surface area contributed by atoms with Crippen molar-refractivity contribution >= 4 is 5.69 Å². The molecule has 112 valence electrons. The molecule has 0 amide bonds. The molecule has 1 saturated heterocycles. The number of nitrogens with one attached hydrogen (secondary N) is 1. The normalized spacial score (nSPS) is 25.6. The smallest absolute Gasteiger partial charge is 0.175 e. The Labute approximate surface area is 121 Å². The maximum atomic E-state index is 5.79. The first-order chi connectivity index (χ1) is 9.70. The fraction of sp³-hybridized carbons (Fsp3) is 0.625. The minimum absolute atomic E-state index is 0.151. The van der Waals surface area contributed by atoms with Gasteiger partial charge in [0.2, 0.25) is 0 Å². The third-order valence-corrected chi connectivity index (χ3v) is 3.50. The van der Waals surface area contributed by atoms with Gasteiger partial charge in [-0.25, -0.2) is 0 Å². The Morgan fingerprint density at radius 3 is 2.55 bits per heavy atom. The van der Waals surface area contributed by atoms with Crippen LogP contribution < -0.4 is 10.1 Å². The van der Waals surface area contributed by atoms with Crippen LogP contribution in [0.5, 0.6) is 5.75 Å². The van der Waals surface area contributed by atoms with Gasteiger partial charge >= 0.3 is 0 Å². The zero-order valence-corrected chi connectivity index (χ0v) is 12.6. The topological polar surface area (TPSA) is 39.7 Å². The summed E-state index contributed by atoms with van der Waals surface area (Å²) in [6, 6.07) is 7.98. The fourth-order valence-corrected chi connectivity index (χ4v) is 2.09. The summed E-state index contributed by atoms with van der Waals surface area (Å²) in [5, 5.41) is 3.35. The average Bonchev–Trinajstić information content (AvgIpc) is 2.77. The summed E-state index contributed by atoms with van der Waals surface area (Å²) >= 11 is 0. The summed E-state index contributed by atoms with van der Waals surface area (Å²) in [5.74, 6) is 0.889. The minimum atomic E-state index is -0.191. The van der Waals surface area contributed by atoms with Crippen LogP contribution in [0.2, 0.25) is 0 Å². The average molecular weight is 279 g/mol. The summed E-state index contributed by atoms with van der Waals surface area (Å²) < 4.78 is 17.2. The molecule has 20 heavy (non-hydrogen) atoms. The SMILES string of the molecule is CCCCOc1ccccc1NCC1OC(C)C(C)O1. The first-order valence-corrected chi connectivity index (χ1v) is 7.47. The van der Waals surface area contributed by atoms with Crippen molar-refractivity contribution in [1.29, 1.82) is 0 Å². The van der Waals surface area contributed by atoms with E-state index in [1.165, 1.54) is 0 Å². The molecular formula is C16H25NO3. The quantitative estimate of drug-likeness (QED) is 0.776. The molecule has 1 aromatic carbocycles. The van der Waals surface area contributed by atoms with Gasteiger partial charge in [0.15, 0.2) is 6.29 Å². The van der Waals surface area contributed by atoms with Crippen molar-refractivity contribution in [2.75, 3.05) is 18.5 Å². The standard InChI is InChI=1S/C16H25NO3/c1-4-5-10-18-15-9-7-6-8-14(15)17-11-16-19-12(2)13(3)20-16/h6-9,12-13,16-17H,4-5,10-11H2,1-3H3. The van der Waals surface area contributed by atoms with E-state index in [-0.39, 0.29) is 18.5 Å². The van der Waals surface area contributed by atoms with E-state index < -0.39 is 0 Å². The van der Waals surface area contributed by atoms with Crippen LogP contribution in [0, 0.1) is 0 Å². The van der Waals surface area contributed by atoms with Crippen LogP contribution in [0.15, 0.2) is 24.3 Å². The molecule has 1 aromatic rings. The highest BCUT2D eigenvalue weighted by atomic mass is 16.7. The van der Waals surface area contributed by atoms with Gasteiger partial charge in [-0.2, -0.15) is 0 Å². The van der Waals surface area contributed by atoms with Crippen LogP contribution >= 0.6 is 0 Å². The fourth-order valence-electron chi connectivity index (χ4n) is 2.09. The number of unbranched alkanes of at least 4 members (excludes halogenated alkanes) is 1. The molecule has 2 unspecified atom stereocenters. The molecular weight excluding hydrogens is 254 g/mol. The number of benzene rings is 1. The van der Waals surface area contributed by atoms with Gasteiger partial charge in [0, 0.05) is 0 Å². The number of rotatable bonds is 7. The number of para-hydroxylation sites is 2. The van der Waals surface area contributed by atoms with Crippen molar-refractivity contribution in [1.82, 2.24) is 0 Å². The molecule has 2 rings (SSSR count). The molecule has 1 N–H and O–H groups in total. The van der Waals surface area contributed by atoms with E-state index in [2.05, 4.69) is 12.2 Å². The Bertz CT molecular complexity index is 400. The second-order valence-corrected chi connectivity index (χ2v) is 5.19. The summed E-state index contributed by atoms with van der Waals surface area (Å²) in [6.45, 7) is 7.60. The Kier molecular flexibility index (Phi) is 5.68. The van der Waals surface area contributed by atoms with Crippen LogP contribution in [-0.4, -0.2) is 31.6 Å². The largest absolute Gasteiger partial charge is 0.491 e. The molecule has 1 fully saturated rings. The lowest BCUT2D eigenvalue weighted by molar-refractivity contribution is -0.0511. The third kappa shape index (κ3) is 4.12. The monoisotopic (exact) mass is 279 g/mol. The lowest BCUT2D eigenvalue weighted by Crippen LogP contribution is -2.21. The number of hydrogen-bond acceptors (Lipinski definition) is 4. The van der Waals surface area contributed by atoms with Gasteiger partial charge < -0.3 is 19.5 Å². The van der Waals surface area contributed by atoms with Gasteiger partial charge in [-0.3, -0.25) is 0 Å². The van der Waals surface area contributed by atoms with Crippen molar-refractivity contribution in [2.24, 2.45) is 0 Å². The van der Waals surface area contributed by atoms with E-state index in [9.17, 15) is 0 Å². The molecule has 2 atom stereocenters. The molecule has 0 spiro atoms. The predicted octanol–water partition coefficient (Wildman–Crippen LogP) is 3.43. The first-order valence-electron chi connectivity index (χ1n) is 7.47. The molecule has 4 heteroatoms. The Balaban J connectivity index is 1.86. The third-order valence-electron chi connectivity index (χ3n) is 3.50. The Morgan fingerprint density at radius 1 is 1.15 bits per heavy atom. The van der Waals surface area contributed by atoms with E-state index >= 15 is 0 Å². The molecule has 0 bridgehead atoms. The van der Waals surface area contributed by atoms with Crippen LogP contribution in [0.25, 0.3) is 0 Å². The van der Waals surface area contributed by atoms with Crippen LogP contribution in [0.3, 0.4) is 0 Å². The van der Waals surface area contributed by atoms with Crippen molar-refractivity contribution in [3.8, 4) is 5.75 Å². The van der Waals surface area contributed by atoms with E-state index in [4.69, 9.17) is 14.2 Å². The molecule has 1 aliphatic rings. The van der Waals surface area contributed by atoms with Gasteiger partial charge in [0.1, 0.15) is 5.75 Å². The Morgan fingerprint density at radius 2 is 1.85 bits per heavy atom. The van der Waals surface area contributed by atoms with E-state index in [1.54, 1.807) is 0 Å². The van der Waals surface area contributed by atoms with Gasteiger partial charge in [0.25, 0.3) is 0 Å². The van der Waals surface area contributed by atoms with Gasteiger partial charge in [-0.15, -0.1) is 0 Å². The number of hydrogen-bond donors (Lipinski definition) is 1. The molecule has 0 saturated carbocycles. The van der Waals surface area contributed by atoms with E-state index in [0.717, 1.165) is 30.9 Å². The van der Waals surface area contributed by atoms with Crippen LogP contribution in [0.1, 0.15) is 33.6 Å². The second kappa shape index (κ2) is 7.50. The van der Waals surface area contributed by atoms with Gasteiger partial charge in [0.05, 0.1) is 31.0 Å². The molecule has 1 aliphatic heterocycles. The maximum absolute atomic E-state index is 5.79. The number of anilines is 1. The molecule has 4 nitrogen and oxygen atoms in total. The minimum Gasteiger partial charge on any atom is -0.491 e. The molecule has 0 radical (unpaired) electrons. The van der Waals surface area contributed by atoms with Crippen molar-refractivity contribution < 1.29 is 14.2 Å². The molecule has 0 aromatic heterocycles. The van der Waals surface area contributed by atoms with Crippen LogP contribution in [-0.2, 0) is 9.47 Å². The van der Waals surface area contributed by atoms with E-state index in [1.807, 2.05) is 38.1 Å². The summed E-state index contributed by atoms with van der Waals surface area (Å²) in [4.78, 5) is 0. The first kappa shape index (κ1) is 15.1. The zero-order chi connectivity index (χ0) is 14.4. The van der Waals surface area contributed by atoms with Crippen molar-refractivity contribution in [3.63, 3.8) is 0 Å². The van der Waals surface area contributed by atoms with Crippen molar-refractivity contribution in [2.45, 2.75) is 52.1 Å². The summed E-state index contributed by atoms with van der Waals surface area (Å²) in [5.41, 5.74) is 0.989. The lowest BCUT2D eigenvalue weighted by Gasteiger charge is -2.15. The van der Waals surface area contributed by atoms with Gasteiger partial charge in [-0.05, 0) is 32.4 Å². The summed E-state index contributed by atoms with van der Waals surface area (Å²) in [7, 11) is 0. The molecule has 0 aliphatic carbocycles. The van der Waals surface area contributed by atoms with Crippen molar-refractivity contribution in [3.05, 3.63) is 24.3 Å². The zero-order valence-electron chi connectivity index (χ0n) is 12.6. The highest BCUT2D eigenvalue weighted by molar-refractivity contribution is 5.56. The summed E-state index contributed by atoms with van der Waals surface area (Å²) in [6.07, 6.45) is 2.31. The Hall–Kier alpha value is -1.26. The second-order valence-electron chi connectivity index (χ2n) is 5.19.